The second kappa shape index (κ2) is 8.88. The number of thiazole rings is 1. The number of aryl methyl sites for hydroxylation is 1. The van der Waals surface area contributed by atoms with E-state index in [2.05, 4.69) is 4.98 Å². The second-order valence-electron chi connectivity index (χ2n) is 8.11. The molecule has 0 radical (unpaired) electrons. The van der Waals surface area contributed by atoms with Gasteiger partial charge in [-0.25, -0.2) is 4.98 Å². The molecule has 0 bridgehead atoms. The summed E-state index contributed by atoms with van der Waals surface area (Å²) in [4.78, 5) is 32.7. The number of hydrogen-bond acceptors (Lipinski definition) is 7. The number of rotatable bonds is 5. The summed E-state index contributed by atoms with van der Waals surface area (Å²) in [5, 5.41) is 11.6. The minimum absolute atomic E-state index is 0.00895. The zero-order valence-electron chi connectivity index (χ0n) is 19.3. The van der Waals surface area contributed by atoms with Crippen molar-refractivity contribution in [1.82, 2.24) is 4.98 Å². The lowest BCUT2D eigenvalue weighted by Crippen LogP contribution is -2.29. The summed E-state index contributed by atoms with van der Waals surface area (Å²) in [6.07, 6.45) is 0. The van der Waals surface area contributed by atoms with Crippen molar-refractivity contribution in [3.8, 4) is 11.5 Å². The van der Waals surface area contributed by atoms with Crippen molar-refractivity contribution in [2.45, 2.75) is 13.0 Å². The molecule has 1 saturated heterocycles. The van der Waals surface area contributed by atoms with Crippen LogP contribution in [-0.2, 0) is 9.59 Å². The lowest BCUT2D eigenvalue weighted by Gasteiger charge is -2.23. The van der Waals surface area contributed by atoms with Crippen LogP contribution < -0.4 is 14.4 Å². The van der Waals surface area contributed by atoms with Crippen LogP contribution in [-0.4, -0.2) is 36.0 Å². The van der Waals surface area contributed by atoms with Crippen molar-refractivity contribution in [2.24, 2.45) is 0 Å². The molecule has 1 aliphatic rings. The smallest absolute Gasteiger partial charge is 0.301 e. The van der Waals surface area contributed by atoms with Crippen LogP contribution in [0.1, 0.15) is 22.7 Å². The normalized spacial score (nSPS) is 17.2. The molecule has 0 spiro atoms. The number of Topliss-reactive ketones (excluding diaryl/α,β-unsaturated/α-hetero) is 1. The highest BCUT2D eigenvalue weighted by atomic mass is 32.1. The van der Waals surface area contributed by atoms with E-state index in [1.165, 1.54) is 30.5 Å². The maximum absolute atomic E-state index is 13.4. The second-order valence-corrected chi connectivity index (χ2v) is 9.12. The van der Waals surface area contributed by atoms with Crippen molar-refractivity contribution >= 4 is 44.1 Å². The number of ether oxygens (including phenoxy) is 2. The molecule has 0 aliphatic carbocycles. The summed E-state index contributed by atoms with van der Waals surface area (Å²) in [5.41, 5.74) is 2.75. The predicted octanol–water partition coefficient (Wildman–Crippen LogP) is 5.25. The highest BCUT2D eigenvalue weighted by molar-refractivity contribution is 7.22. The molecule has 7 nitrogen and oxygen atoms in total. The summed E-state index contributed by atoms with van der Waals surface area (Å²) in [6, 6.07) is 18.9. The van der Waals surface area contributed by atoms with Gasteiger partial charge in [0.25, 0.3) is 5.78 Å². The first-order chi connectivity index (χ1) is 16.9. The molecular weight excluding hydrogens is 464 g/mol. The molecule has 0 saturated carbocycles. The Balaban J connectivity index is 1.75. The van der Waals surface area contributed by atoms with Gasteiger partial charge in [-0.1, -0.05) is 59.4 Å². The van der Waals surface area contributed by atoms with Gasteiger partial charge in [-0.3, -0.25) is 14.5 Å². The molecule has 8 heteroatoms. The standard InChI is InChI=1S/C27H22N2O5S/c1-15-8-10-16(11-9-15)24(30)22-23(17-12-13-19(33-2)20(14-17)34-3)29(26(32)25(22)31)27-28-18-6-4-5-7-21(18)35-27/h4-14,23,30H,1-3H3/t23-/m1/s1. The number of aliphatic hydroxyl groups is 1. The number of fused-ring (bicyclic) bond motifs is 1. The molecule has 1 aliphatic heterocycles. The fourth-order valence-corrected chi connectivity index (χ4v) is 5.19. The predicted molar refractivity (Wildman–Crippen MR) is 135 cm³/mol. The fourth-order valence-electron chi connectivity index (χ4n) is 4.20. The number of benzene rings is 3. The first-order valence-corrected chi connectivity index (χ1v) is 11.7. The van der Waals surface area contributed by atoms with Crippen LogP contribution in [0.4, 0.5) is 5.13 Å². The van der Waals surface area contributed by atoms with Gasteiger partial charge in [-0.2, -0.15) is 0 Å². The number of anilines is 1. The number of aromatic nitrogens is 1. The molecular formula is C27H22N2O5S. The first-order valence-electron chi connectivity index (χ1n) is 10.9. The Morgan fingerprint density at radius 1 is 0.971 bits per heavy atom. The van der Waals surface area contributed by atoms with E-state index in [0.29, 0.717) is 27.8 Å². The van der Waals surface area contributed by atoms with Gasteiger partial charge < -0.3 is 14.6 Å². The molecule has 1 N–H and O–H groups in total. The van der Waals surface area contributed by atoms with Gasteiger partial charge in [0.1, 0.15) is 5.76 Å². The van der Waals surface area contributed by atoms with E-state index in [1.54, 1.807) is 30.3 Å². The Labute approximate surface area is 205 Å². The van der Waals surface area contributed by atoms with E-state index in [0.717, 1.165) is 15.8 Å². The molecule has 176 valence electrons. The number of hydrogen-bond donors (Lipinski definition) is 1. The summed E-state index contributed by atoms with van der Waals surface area (Å²) in [5.74, 6) is -0.826. The third kappa shape index (κ3) is 3.81. The quantitative estimate of drug-likeness (QED) is 0.236. The topological polar surface area (TPSA) is 89.0 Å². The Morgan fingerprint density at radius 3 is 2.37 bits per heavy atom. The Kier molecular flexibility index (Phi) is 5.74. The van der Waals surface area contributed by atoms with E-state index >= 15 is 0 Å². The average molecular weight is 487 g/mol. The van der Waals surface area contributed by atoms with Crippen LogP contribution in [0.25, 0.3) is 16.0 Å². The molecule has 35 heavy (non-hydrogen) atoms. The Bertz CT molecular complexity index is 1460. The van der Waals surface area contributed by atoms with E-state index in [-0.39, 0.29) is 11.3 Å². The first kappa shape index (κ1) is 22.6. The van der Waals surface area contributed by atoms with Crippen LogP contribution in [0.5, 0.6) is 11.5 Å². The number of methoxy groups -OCH3 is 2. The largest absolute Gasteiger partial charge is 0.507 e. The minimum Gasteiger partial charge on any atom is -0.507 e. The van der Waals surface area contributed by atoms with Gasteiger partial charge in [-0.05, 0) is 36.8 Å². The van der Waals surface area contributed by atoms with E-state index < -0.39 is 17.7 Å². The van der Waals surface area contributed by atoms with Gasteiger partial charge in [0, 0.05) is 5.56 Å². The highest BCUT2D eigenvalue weighted by Gasteiger charge is 2.48. The molecule has 2 heterocycles. The van der Waals surface area contributed by atoms with E-state index in [9.17, 15) is 14.7 Å². The van der Waals surface area contributed by atoms with Crippen molar-refractivity contribution in [3.63, 3.8) is 0 Å². The molecule has 1 atom stereocenters. The van der Waals surface area contributed by atoms with Crippen molar-refractivity contribution in [1.29, 1.82) is 0 Å². The van der Waals surface area contributed by atoms with E-state index in [1.807, 2.05) is 43.3 Å². The van der Waals surface area contributed by atoms with Gasteiger partial charge in [-0.15, -0.1) is 0 Å². The van der Waals surface area contributed by atoms with Gasteiger partial charge in [0.15, 0.2) is 16.6 Å². The summed E-state index contributed by atoms with van der Waals surface area (Å²) in [6.45, 7) is 1.93. The zero-order valence-corrected chi connectivity index (χ0v) is 20.1. The summed E-state index contributed by atoms with van der Waals surface area (Å²) in [7, 11) is 3.04. The highest BCUT2D eigenvalue weighted by Crippen LogP contribution is 2.45. The SMILES string of the molecule is COc1ccc([C@@H]2C(=C(O)c3ccc(C)cc3)C(=O)C(=O)N2c2nc3ccccc3s2)cc1OC. The van der Waals surface area contributed by atoms with Crippen molar-refractivity contribution < 1.29 is 24.2 Å². The molecule has 4 aromatic rings. The molecule has 5 rings (SSSR count). The molecule has 1 aromatic heterocycles. The zero-order chi connectivity index (χ0) is 24.7. The maximum atomic E-state index is 13.4. The summed E-state index contributed by atoms with van der Waals surface area (Å²) < 4.78 is 11.7. The lowest BCUT2D eigenvalue weighted by molar-refractivity contribution is -0.132. The van der Waals surface area contributed by atoms with Crippen LogP contribution in [0.2, 0.25) is 0 Å². The van der Waals surface area contributed by atoms with Crippen molar-refractivity contribution in [2.75, 3.05) is 19.1 Å². The Hall–Kier alpha value is -4.17. The maximum Gasteiger partial charge on any atom is 0.301 e. The number of carbonyl (C=O) groups is 2. The fraction of sp³-hybridized carbons (Fsp3) is 0.148. The van der Waals surface area contributed by atoms with Crippen LogP contribution in [0, 0.1) is 6.92 Å². The lowest BCUT2D eigenvalue weighted by atomic mass is 9.95. The van der Waals surface area contributed by atoms with Crippen molar-refractivity contribution in [3.05, 3.63) is 89.0 Å². The molecule has 1 fully saturated rings. The Morgan fingerprint density at radius 2 is 1.69 bits per heavy atom. The number of para-hydroxylation sites is 1. The molecule has 3 aromatic carbocycles. The van der Waals surface area contributed by atoms with E-state index in [4.69, 9.17) is 9.47 Å². The monoisotopic (exact) mass is 486 g/mol. The van der Waals surface area contributed by atoms with Crippen LogP contribution >= 0.6 is 11.3 Å². The van der Waals surface area contributed by atoms with Crippen LogP contribution in [0.3, 0.4) is 0 Å². The number of carbonyl (C=O) groups excluding carboxylic acids is 2. The number of ketones is 1. The third-order valence-electron chi connectivity index (χ3n) is 5.98. The van der Waals surface area contributed by atoms with Gasteiger partial charge in [0.05, 0.1) is 36.1 Å². The average Bonchev–Trinajstić information content (AvgIpc) is 3.42. The third-order valence-corrected chi connectivity index (χ3v) is 7.02. The van der Waals surface area contributed by atoms with Gasteiger partial charge in [0.2, 0.25) is 0 Å². The minimum atomic E-state index is -0.906. The number of nitrogens with zero attached hydrogens (tertiary/aromatic N) is 2. The number of amides is 1. The molecule has 1 amide bonds. The van der Waals surface area contributed by atoms with Crippen LogP contribution in [0.15, 0.2) is 72.3 Å². The summed E-state index contributed by atoms with van der Waals surface area (Å²) >= 11 is 1.31. The number of aliphatic hydroxyl groups excluding tert-OH is 1. The molecule has 0 unspecified atom stereocenters. The van der Waals surface area contributed by atoms with Gasteiger partial charge >= 0.3 is 5.91 Å².